The summed E-state index contributed by atoms with van der Waals surface area (Å²) in [6.45, 7) is 0.606. The van der Waals surface area contributed by atoms with E-state index in [9.17, 15) is 22.8 Å². The molecule has 2 rings (SSSR count). The summed E-state index contributed by atoms with van der Waals surface area (Å²) in [5.74, 6) is -0.661. The van der Waals surface area contributed by atoms with Crippen molar-refractivity contribution in [1.82, 2.24) is 15.1 Å². The van der Waals surface area contributed by atoms with E-state index in [-0.39, 0.29) is 29.2 Å². The minimum absolute atomic E-state index is 0.0117. The van der Waals surface area contributed by atoms with Gasteiger partial charge in [-0.25, -0.2) is 0 Å². The quantitative estimate of drug-likeness (QED) is 0.623. The molecule has 0 saturated carbocycles. The maximum Gasteiger partial charge on any atom is 0.405 e. The van der Waals surface area contributed by atoms with Crippen LogP contribution in [0.3, 0.4) is 0 Å². The van der Waals surface area contributed by atoms with Gasteiger partial charge in [0.05, 0.1) is 12.3 Å². The van der Waals surface area contributed by atoms with E-state index in [2.05, 4.69) is 20.8 Å². The molecule has 2 aromatic rings. The third-order valence-corrected chi connectivity index (χ3v) is 5.31. The zero-order valence-electron chi connectivity index (χ0n) is 15.0. The lowest BCUT2D eigenvalue weighted by atomic mass is 10.2. The molecule has 0 atom stereocenters. The van der Waals surface area contributed by atoms with Gasteiger partial charge in [0.15, 0.2) is 4.34 Å². The highest BCUT2D eigenvalue weighted by atomic mass is 32.2. The van der Waals surface area contributed by atoms with E-state index in [0.29, 0.717) is 10.0 Å². The molecule has 0 bridgehead atoms. The number of nitrogens with zero attached hydrogens (tertiary/aromatic N) is 3. The van der Waals surface area contributed by atoms with E-state index in [1.54, 1.807) is 12.1 Å². The maximum absolute atomic E-state index is 12.2. The van der Waals surface area contributed by atoms with Crippen LogP contribution in [0.15, 0.2) is 28.6 Å². The van der Waals surface area contributed by atoms with Crippen LogP contribution < -0.4 is 10.6 Å². The average Bonchev–Trinajstić information content (AvgIpc) is 3.07. The minimum atomic E-state index is -4.35. The van der Waals surface area contributed by atoms with Gasteiger partial charge in [0.1, 0.15) is 6.54 Å². The van der Waals surface area contributed by atoms with Crippen LogP contribution in [0.2, 0.25) is 0 Å². The third kappa shape index (κ3) is 7.72. The molecule has 7 nitrogen and oxygen atoms in total. The number of anilines is 2. The van der Waals surface area contributed by atoms with E-state index in [0.717, 1.165) is 28.7 Å². The number of likely N-dealkylation sites (N-methyl/N-ethyl adjacent to an activating group) is 1. The normalized spacial score (nSPS) is 11.2. The molecule has 1 aromatic carbocycles. The van der Waals surface area contributed by atoms with E-state index in [4.69, 9.17) is 0 Å². The summed E-state index contributed by atoms with van der Waals surface area (Å²) in [6, 6.07) is 7.26. The number of hydrogen-bond donors (Lipinski definition) is 2. The van der Waals surface area contributed by atoms with Crippen molar-refractivity contribution in [3.63, 3.8) is 0 Å². The first-order valence-corrected chi connectivity index (χ1v) is 9.80. The molecule has 1 heterocycles. The van der Waals surface area contributed by atoms with Gasteiger partial charge in [-0.1, -0.05) is 40.8 Å². The molecule has 0 unspecified atom stereocenters. The molecule has 0 aliphatic rings. The fourth-order valence-electron chi connectivity index (χ4n) is 1.89. The number of nitrogens with one attached hydrogen (secondary N) is 2. The van der Waals surface area contributed by atoms with Crippen molar-refractivity contribution >= 4 is 45.7 Å². The molecule has 0 fully saturated rings. The number of benzene rings is 1. The smallest absolute Gasteiger partial charge is 0.351 e. The number of hydrogen-bond acceptors (Lipinski definition) is 7. The number of thioether (sulfide) groups is 1. The molecule has 2 N–H and O–H groups in total. The van der Waals surface area contributed by atoms with Crippen LogP contribution in [0.5, 0.6) is 0 Å². The van der Waals surface area contributed by atoms with Crippen molar-refractivity contribution in [2.45, 2.75) is 17.4 Å². The molecular formula is C16H18F3N5O2S2. The molecular weight excluding hydrogens is 415 g/mol. The molecule has 152 valence electrons. The predicted octanol–water partition coefficient (Wildman–Crippen LogP) is 3.01. The Labute approximate surface area is 167 Å². The summed E-state index contributed by atoms with van der Waals surface area (Å²) in [5, 5.41) is 12.2. The molecule has 12 heteroatoms. The number of carbonyl (C=O) groups excluding carboxylic acids is 2. The number of aryl methyl sites for hydroxylation is 1. The number of carbonyl (C=O) groups is 2. The summed E-state index contributed by atoms with van der Waals surface area (Å²) in [7, 11) is 1.49. The van der Waals surface area contributed by atoms with E-state index < -0.39 is 12.7 Å². The van der Waals surface area contributed by atoms with E-state index in [1.807, 2.05) is 19.1 Å². The molecule has 2 amide bonds. The molecule has 0 saturated heterocycles. The van der Waals surface area contributed by atoms with E-state index in [1.165, 1.54) is 11.9 Å². The molecule has 1 aromatic heterocycles. The monoisotopic (exact) mass is 433 g/mol. The molecule has 0 spiro atoms. The first-order valence-electron chi connectivity index (χ1n) is 8.00. The Kier molecular flexibility index (Phi) is 7.63. The number of alkyl halides is 3. The second kappa shape index (κ2) is 9.73. The van der Waals surface area contributed by atoms with Crippen molar-refractivity contribution in [1.29, 1.82) is 0 Å². The Bertz CT molecular complexity index is 811. The lowest BCUT2D eigenvalue weighted by Gasteiger charge is -2.16. The lowest BCUT2D eigenvalue weighted by molar-refractivity contribution is -0.131. The van der Waals surface area contributed by atoms with Crippen molar-refractivity contribution in [3.05, 3.63) is 29.8 Å². The van der Waals surface area contributed by atoms with Gasteiger partial charge in [0.25, 0.3) is 0 Å². The summed E-state index contributed by atoms with van der Waals surface area (Å²) >= 11 is 1.97. The summed E-state index contributed by atoms with van der Waals surface area (Å²) in [4.78, 5) is 25.4. The Morgan fingerprint density at radius 1 is 1.21 bits per heavy atom. The Hall–Kier alpha value is -2.34. The number of aromatic nitrogens is 2. The van der Waals surface area contributed by atoms with Gasteiger partial charge in [-0.05, 0) is 19.1 Å². The van der Waals surface area contributed by atoms with Crippen molar-refractivity contribution in [2.24, 2.45) is 0 Å². The van der Waals surface area contributed by atoms with Crippen LogP contribution >= 0.6 is 23.1 Å². The molecule has 0 aliphatic heterocycles. The average molecular weight is 433 g/mol. The second-order valence-corrected chi connectivity index (χ2v) is 7.99. The topological polar surface area (TPSA) is 87.2 Å². The zero-order chi connectivity index (χ0) is 20.7. The van der Waals surface area contributed by atoms with Gasteiger partial charge < -0.3 is 15.5 Å². The standard InChI is InChI=1S/C16H18F3N5O2S2/c1-10-3-5-11(6-4-10)21-12(25)7-24(2)13(26)8-27-15-23-22-14(28-15)20-9-16(17,18)19/h3-6H,7-9H2,1-2H3,(H,20,22)(H,21,25). The van der Waals surface area contributed by atoms with Crippen LogP contribution in [0.4, 0.5) is 24.0 Å². The minimum Gasteiger partial charge on any atom is -0.351 e. The third-order valence-electron chi connectivity index (χ3n) is 3.31. The van der Waals surface area contributed by atoms with Crippen molar-refractivity contribution < 1.29 is 22.8 Å². The van der Waals surface area contributed by atoms with Crippen molar-refractivity contribution in [3.8, 4) is 0 Å². The summed E-state index contributed by atoms with van der Waals surface area (Å²) in [5.41, 5.74) is 1.70. The van der Waals surface area contributed by atoms with Crippen LogP contribution in [0.25, 0.3) is 0 Å². The Morgan fingerprint density at radius 3 is 2.54 bits per heavy atom. The number of amides is 2. The predicted molar refractivity (Wildman–Crippen MR) is 103 cm³/mol. The second-order valence-electron chi connectivity index (χ2n) is 5.79. The zero-order valence-corrected chi connectivity index (χ0v) is 16.7. The Balaban J connectivity index is 1.75. The molecule has 0 radical (unpaired) electrons. The van der Waals surface area contributed by atoms with Gasteiger partial charge >= 0.3 is 6.18 Å². The summed E-state index contributed by atoms with van der Waals surface area (Å²) in [6.07, 6.45) is -4.35. The highest BCUT2D eigenvalue weighted by Crippen LogP contribution is 2.26. The fourth-order valence-corrected chi connectivity index (χ4v) is 3.58. The molecule has 0 aliphatic carbocycles. The number of halogens is 3. The summed E-state index contributed by atoms with van der Waals surface area (Å²) < 4.78 is 36.8. The lowest BCUT2D eigenvalue weighted by Crippen LogP contribution is -2.35. The van der Waals surface area contributed by atoms with Crippen LogP contribution in [-0.2, 0) is 9.59 Å². The maximum atomic E-state index is 12.2. The van der Waals surface area contributed by atoms with E-state index >= 15 is 0 Å². The van der Waals surface area contributed by atoms with Crippen LogP contribution in [0, 0.1) is 6.92 Å². The highest BCUT2D eigenvalue weighted by Gasteiger charge is 2.27. The van der Waals surface area contributed by atoms with Gasteiger partial charge in [-0.2, -0.15) is 13.2 Å². The first-order chi connectivity index (χ1) is 13.1. The van der Waals surface area contributed by atoms with Gasteiger partial charge in [-0.15, -0.1) is 10.2 Å². The Morgan fingerprint density at radius 2 is 1.89 bits per heavy atom. The SMILES string of the molecule is Cc1ccc(NC(=O)CN(C)C(=O)CSc2nnc(NCC(F)(F)F)s2)cc1. The van der Waals surface area contributed by atoms with Crippen LogP contribution in [0.1, 0.15) is 5.56 Å². The highest BCUT2D eigenvalue weighted by molar-refractivity contribution is 8.01. The fraction of sp³-hybridized carbons (Fsp3) is 0.375. The number of rotatable bonds is 8. The molecule has 28 heavy (non-hydrogen) atoms. The van der Waals surface area contributed by atoms with Gasteiger partial charge in [-0.3, -0.25) is 9.59 Å². The van der Waals surface area contributed by atoms with Crippen LogP contribution in [-0.4, -0.2) is 59.0 Å². The first kappa shape index (κ1) is 22.0. The van der Waals surface area contributed by atoms with Crippen molar-refractivity contribution in [2.75, 3.05) is 36.5 Å². The van der Waals surface area contributed by atoms with Gasteiger partial charge in [0, 0.05) is 12.7 Å². The largest absolute Gasteiger partial charge is 0.405 e. The van der Waals surface area contributed by atoms with Gasteiger partial charge in [0.2, 0.25) is 16.9 Å².